The Kier molecular flexibility index (Phi) is 4.01. The van der Waals surface area contributed by atoms with Gasteiger partial charge in [0.25, 0.3) is 0 Å². The maximum absolute atomic E-state index is 5.70. The predicted molar refractivity (Wildman–Crippen MR) is 83.1 cm³/mol. The number of nitrogens with one attached hydrogen (secondary N) is 1. The fraction of sp³-hybridized carbons (Fsp3) is 0.765. The normalized spacial score (nSPS) is 27.7. The van der Waals surface area contributed by atoms with Gasteiger partial charge in [-0.2, -0.15) is 0 Å². The van der Waals surface area contributed by atoms with Crippen LogP contribution in [-0.4, -0.2) is 48.1 Å². The maximum atomic E-state index is 5.70. The van der Waals surface area contributed by atoms with E-state index in [9.17, 15) is 0 Å². The quantitative estimate of drug-likeness (QED) is 0.900. The van der Waals surface area contributed by atoms with Gasteiger partial charge in [-0.1, -0.05) is 0 Å². The van der Waals surface area contributed by atoms with Crippen molar-refractivity contribution in [2.45, 2.75) is 57.3 Å². The Labute approximate surface area is 127 Å². The van der Waals surface area contributed by atoms with Gasteiger partial charge in [-0.25, -0.2) is 0 Å². The van der Waals surface area contributed by atoms with Gasteiger partial charge in [0.15, 0.2) is 0 Å². The van der Waals surface area contributed by atoms with Crippen LogP contribution in [0.2, 0.25) is 0 Å². The second-order valence-electron chi connectivity index (χ2n) is 6.94. The van der Waals surface area contributed by atoms with Crippen molar-refractivity contribution in [3.8, 4) is 0 Å². The van der Waals surface area contributed by atoms with E-state index < -0.39 is 0 Å². The van der Waals surface area contributed by atoms with Crippen LogP contribution in [0.3, 0.4) is 0 Å². The van der Waals surface area contributed by atoms with Crippen molar-refractivity contribution in [3.05, 3.63) is 23.7 Å². The van der Waals surface area contributed by atoms with Crippen LogP contribution in [0.1, 0.15) is 43.4 Å². The summed E-state index contributed by atoms with van der Waals surface area (Å²) >= 11 is 0. The Bertz CT molecular complexity index is 468. The minimum atomic E-state index is 0.744. The topological polar surface area (TPSA) is 31.6 Å². The van der Waals surface area contributed by atoms with Crippen LogP contribution in [0.5, 0.6) is 0 Å². The van der Waals surface area contributed by atoms with E-state index in [0.717, 1.165) is 30.9 Å². The number of nitrogens with zero attached hydrogens (tertiary/aromatic N) is 2. The first-order valence-electron chi connectivity index (χ1n) is 8.63. The molecule has 3 fully saturated rings. The van der Waals surface area contributed by atoms with Crippen LogP contribution in [-0.2, 0) is 13.1 Å². The largest absolute Gasteiger partial charge is 0.468 e. The van der Waals surface area contributed by atoms with Crippen LogP contribution in [0.4, 0.5) is 0 Å². The molecule has 0 radical (unpaired) electrons. The molecule has 2 saturated heterocycles. The molecule has 4 heteroatoms. The van der Waals surface area contributed by atoms with Gasteiger partial charge in [-0.15, -0.1) is 0 Å². The van der Waals surface area contributed by atoms with E-state index >= 15 is 0 Å². The van der Waals surface area contributed by atoms with E-state index in [4.69, 9.17) is 4.42 Å². The number of hydrogen-bond donors (Lipinski definition) is 1. The lowest BCUT2D eigenvalue weighted by Crippen LogP contribution is -2.36. The van der Waals surface area contributed by atoms with E-state index in [1.54, 1.807) is 0 Å². The summed E-state index contributed by atoms with van der Waals surface area (Å²) in [4.78, 5) is 5.34. The van der Waals surface area contributed by atoms with Crippen molar-refractivity contribution in [1.29, 1.82) is 0 Å². The molecule has 1 unspecified atom stereocenters. The molecule has 0 aromatic carbocycles. The SMILES string of the molecule is c1cc(CN2CCCN3CCCC3C2)c(CNC2CC2)o1. The zero-order valence-electron chi connectivity index (χ0n) is 12.9. The van der Waals surface area contributed by atoms with Crippen molar-refractivity contribution < 1.29 is 4.42 Å². The Morgan fingerprint density at radius 3 is 2.95 bits per heavy atom. The van der Waals surface area contributed by atoms with Gasteiger partial charge >= 0.3 is 0 Å². The molecule has 21 heavy (non-hydrogen) atoms. The zero-order valence-corrected chi connectivity index (χ0v) is 12.9. The summed E-state index contributed by atoms with van der Waals surface area (Å²) in [6.45, 7) is 7.04. The smallest absolute Gasteiger partial charge is 0.122 e. The maximum Gasteiger partial charge on any atom is 0.122 e. The first-order chi connectivity index (χ1) is 10.4. The van der Waals surface area contributed by atoms with E-state index in [2.05, 4.69) is 21.2 Å². The Hall–Kier alpha value is -0.840. The zero-order chi connectivity index (χ0) is 14.1. The van der Waals surface area contributed by atoms with Gasteiger partial charge in [0, 0.05) is 30.7 Å². The van der Waals surface area contributed by atoms with Gasteiger partial charge in [0.2, 0.25) is 0 Å². The number of rotatable bonds is 5. The molecule has 116 valence electrons. The highest BCUT2D eigenvalue weighted by atomic mass is 16.3. The molecule has 0 amide bonds. The lowest BCUT2D eigenvalue weighted by molar-refractivity contribution is 0.214. The average molecular weight is 289 g/mol. The van der Waals surface area contributed by atoms with Crippen LogP contribution >= 0.6 is 0 Å². The Morgan fingerprint density at radius 2 is 2.05 bits per heavy atom. The van der Waals surface area contributed by atoms with Crippen molar-refractivity contribution in [1.82, 2.24) is 15.1 Å². The minimum Gasteiger partial charge on any atom is -0.468 e. The summed E-state index contributed by atoms with van der Waals surface area (Å²) in [5, 5.41) is 3.57. The van der Waals surface area contributed by atoms with Gasteiger partial charge < -0.3 is 9.73 Å². The number of furan rings is 1. The second-order valence-corrected chi connectivity index (χ2v) is 6.94. The Balaban J connectivity index is 1.37. The first kappa shape index (κ1) is 13.8. The highest BCUT2D eigenvalue weighted by molar-refractivity contribution is 5.17. The van der Waals surface area contributed by atoms with Crippen LogP contribution in [0.15, 0.2) is 16.7 Å². The third-order valence-corrected chi connectivity index (χ3v) is 5.25. The van der Waals surface area contributed by atoms with Crippen molar-refractivity contribution in [3.63, 3.8) is 0 Å². The lowest BCUT2D eigenvalue weighted by atomic mass is 10.2. The highest BCUT2D eigenvalue weighted by Gasteiger charge is 2.29. The van der Waals surface area contributed by atoms with Gasteiger partial charge in [0.1, 0.15) is 5.76 Å². The number of fused-ring (bicyclic) bond motifs is 1. The molecule has 4 rings (SSSR count). The molecule has 2 aliphatic heterocycles. The molecule has 4 nitrogen and oxygen atoms in total. The predicted octanol–water partition coefficient (Wildman–Crippen LogP) is 2.20. The van der Waals surface area contributed by atoms with Crippen molar-refractivity contribution >= 4 is 0 Å². The molecule has 1 N–H and O–H groups in total. The second kappa shape index (κ2) is 6.11. The van der Waals surface area contributed by atoms with Gasteiger partial charge in [-0.3, -0.25) is 9.80 Å². The van der Waals surface area contributed by atoms with Gasteiger partial charge in [-0.05, 0) is 57.8 Å². The van der Waals surface area contributed by atoms with E-state index in [1.807, 2.05) is 6.26 Å². The summed E-state index contributed by atoms with van der Waals surface area (Å²) < 4.78 is 5.70. The molecule has 1 aromatic heterocycles. The first-order valence-corrected chi connectivity index (χ1v) is 8.63. The van der Waals surface area contributed by atoms with Crippen molar-refractivity contribution in [2.75, 3.05) is 26.2 Å². The molecule has 1 aromatic rings. The minimum absolute atomic E-state index is 0.744. The molecule has 1 aliphatic carbocycles. The molecule has 0 spiro atoms. The number of hydrogen-bond acceptors (Lipinski definition) is 4. The molecule has 0 bridgehead atoms. The highest BCUT2D eigenvalue weighted by Crippen LogP contribution is 2.24. The summed E-state index contributed by atoms with van der Waals surface area (Å²) in [6.07, 6.45) is 8.61. The third kappa shape index (κ3) is 3.33. The average Bonchev–Trinajstić information content (AvgIpc) is 3.12. The van der Waals surface area contributed by atoms with E-state index in [-0.39, 0.29) is 0 Å². The third-order valence-electron chi connectivity index (χ3n) is 5.25. The summed E-state index contributed by atoms with van der Waals surface area (Å²) in [6, 6.07) is 3.71. The standard InChI is InChI=1S/C17H27N3O/c1-3-16-13-19(7-2-9-20(16)8-1)12-14-6-10-21-17(14)11-18-15-4-5-15/h6,10,15-16,18H,1-5,7-9,11-13H2. The van der Waals surface area contributed by atoms with E-state index in [1.165, 1.54) is 63.8 Å². The van der Waals surface area contributed by atoms with Crippen LogP contribution < -0.4 is 5.32 Å². The monoisotopic (exact) mass is 289 g/mol. The molecular weight excluding hydrogens is 262 g/mol. The van der Waals surface area contributed by atoms with E-state index in [0.29, 0.717) is 0 Å². The summed E-state index contributed by atoms with van der Waals surface area (Å²) in [7, 11) is 0. The fourth-order valence-corrected chi connectivity index (χ4v) is 3.86. The molecule has 1 atom stereocenters. The summed E-state index contributed by atoms with van der Waals surface area (Å²) in [5.74, 6) is 1.15. The van der Waals surface area contributed by atoms with Crippen LogP contribution in [0.25, 0.3) is 0 Å². The lowest BCUT2D eigenvalue weighted by Gasteiger charge is -2.25. The molecule has 1 saturated carbocycles. The van der Waals surface area contributed by atoms with Gasteiger partial charge in [0.05, 0.1) is 12.8 Å². The molecule has 3 aliphatic rings. The molecule has 3 heterocycles. The van der Waals surface area contributed by atoms with Crippen molar-refractivity contribution in [2.24, 2.45) is 0 Å². The van der Waals surface area contributed by atoms with Crippen LogP contribution in [0, 0.1) is 0 Å². The molecular formula is C17H27N3O. The Morgan fingerprint density at radius 1 is 1.14 bits per heavy atom. The fourth-order valence-electron chi connectivity index (χ4n) is 3.86. The summed E-state index contributed by atoms with van der Waals surface area (Å²) in [5.41, 5.74) is 1.38.